The van der Waals surface area contributed by atoms with Crippen molar-refractivity contribution in [1.29, 1.82) is 0 Å². The summed E-state index contributed by atoms with van der Waals surface area (Å²) in [5.74, 6) is 0.231. The zero-order chi connectivity index (χ0) is 17.4. The number of rotatable bonds is 5. The third-order valence-electron chi connectivity index (χ3n) is 4.43. The molecule has 1 N–H and O–H groups in total. The minimum absolute atomic E-state index is 0.000987. The lowest BCUT2D eigenvalue weighted by molar-refractivity contribution is -0.117. The Morgan fingerprint density at radius 3 is 2.96 bits per heavy atom. The first kappa shape index (κ1) is 16.6. The molecule has 1 saturated carbocycles. The molecule has 25 heavy (non-hydrogen) atoms. The molecule has 2 aromatic rings. The minimum atomic E-state index is 0.000987. The van der Waals surface area contributed by atoms with Crippen LogP contribution < -0.4 is 5.32 Å². The Labute approximate surface area is 153 Å². The van der Waals surface area contributed by atoms with Crippen molar-refractivity contribution < 1.29 is 9.59 Å². The van der Waals surface area contributed by atoms with Crippen molar-refractivity contribution in [2.24, 2.45) is 5.92 Å². The van der Waals surface area contributed by atoms with Crippen LogP contribution in [0.4, 0.5) is 5.13 Å². The van der Waals surface area contributed by atoms with Crippen LogP contribution in [0.15, 0.2) is 0 Å². The molecular formula is C16H19N5O2S2. The first-order valence-electron chi connectivity index (χ1n) is 8.55. The van der Waals surface area contributed by atoms with E-state index in [1.165, 1.54) is 22.9 Å². The second kappa shape index (κ2) is 6.80. The number of nitrogens with zero attached hydrogens (tertiary/aromatic N) is 4. The molecule has 1 fully saturated rings. The number of thiazole rings is 1. The van der Waals surface area contributed by atoms with Gasteiger partial charge < -0.3 is 10.2 Å². The van der Waals surface area contributed by atoms with Gasteiger partial charge in [-0.05, 0) is 30.8 Å². The smallest absolute Gasteiger partial charge is 0.267 e. The monoisotopic (exact) mass is 377 g/mol. The van der Waals surface area contributed by atoms with E-state index in [1.54, 1.807) is 0 Å². The fourth-order valence-corrected chi connectivity index (χ4v) is 4.59. The number of amides is 2. The summed E-state index contributed by atoms with van der Waals surface area (Å²) in [7, 11) is 0. The van der Waals surface area contributed by atoms with E-state index in [0.717, 1.165) is 41.9 Å². The van der Waals surface area contributed by atoms with Crippen LogP contribution in [0.1, 0.15) is 52.1 Å². The highest BCUT2D eigenvalue weighted by atomic mass is 32.1. The minimum Gasteiger partial charge on any atom is -0.332 e. The molecule has 4 rings (SSSR count). The van der Waals surface area contributed by atoms with Gasteiger partial charge in [-0.2, -0.15) is 0 Å². The van der Waals surface area contributed by atoms with E-state index in [2.05, 4.69) is 26.8 Å². The lowest BCUT2D eigenvalue weighted by Crippen LogP contribution is -2.35. The summed E-state index contributed by atoms with van der Waals surface area (Å²) in [5, 5.41) is 7.65. The lowest BCUT2D eigenvalue weighted by atomic mass is 10.1. The Bertz CT molecular complexity index is 811. The number of anilines is 1. The van der Waals surface area contributed by atoms with Crippen LogP contribution in [0.3, 0.4) is 0 Å². The molecule has 132 valence electrons. The second-order valence-electron chi connectivity index (χ2n) is 6.43. The van der Waals surface area contributed by atoms with Gasteiger partial charge >= 0.3 is 0 Å². The Morgan fingerprint density at radius 2 is 2.20 bits per heavy atom. The maximum absolute atomic E-state index is 12.8. The summed E-state index contributed by atoms with van der Waals surface area (Å²) < 4.78 is 3.95. The predicted molar refractivity (Wildman–Crippen MR) is 95.8 cm³/mol. The highest BCUT2D eigenvalue weighted by Crippen LogP contribution is 2.33. The van der Waals surface area contributed by atoms with Crippen LogP contribution in [-0.4, -0.2) is 37.8 Å². The van der Waals surface area contributed by atoms with Gasteiger partial charge in [0.1, 0.15) is 4.88 Å². The van der Waals surface area contributed by atoms with E-state index in [1.807, 2.05) is 4.90 Å². The van der Waals surface area contributed by atoms with Crippen LogP contribution in [0.25, 0.3) is 0 Å². The van der Waals surface area contributed by atoms with Crippen molar-refractivity contribution in [3.05, 3.63) is 21.1 Å². The van der Waals surface area contributed by atoms with Crippen molar-refractivity contribution >= 4 is 39.8 Å². The Morgan fingerprint density at radius 1 is 1.36 bits per heavy atom. The number of aromatic nitrogens is 3. The molecule has 0 spiro atoms. The van der Waals surface area contributed by atoms with Crippen molar-refractivity contribution in [2.45, 2.75) is 45.6 Å². The van der Waals surface area contributed by atoms with Gasteiger partial charge in [0, 0.05) is 23.8 Å². The number of carbonyl (C=O) groups excluding carboxylic acids is 2. The van der Waals surface area contributed by atoms with Crippen LogP contribution in [0, 0.1) is 5.92 Å². The molecule has 0 radical (unpaired) electrons. The molecule has 0 aromatic carbocycles. The molecule has 3 heterocycles. The van der Waals surface area contributed by atoms with Gasteiger partial charge in [0.15, 0.2) is 5.13 Å². The Hall–Kier alpha value is -1.87. The summed E-state index contributed by atoms with van der Waals surface area (Å²) in [6, 6.07) is 0. The number of hydrogen-bond donors (Lipinski definition) is 1. The molecule has 2 aromatic heterocycles. The molecule has 7 nitrogen and oxygen atoms in total. The van der Waals surface area contributed by atoms with Gasteiger partial charge in [-0.15, -0.1) is 5.10 Å². The fraction of sp³-hybridized carbons (Fsp3) is 0.562. The van der Waals surface area contributed by atoms with E-state index in [-0.39, 0.29) is 17.7 Å². The third kappa shape index (κ3) is 3.43. The second-order valence-corrected chi connectivity index (χ2v) is 8.27. The number of hydrogen-bond acceptors (Lipinski definition) is 7. The van der Waals surface area contributed by atoms with Crippen LogP contribution in [0.2, 0.25) is 0 Å². The largest absolute Gasteiger partial charge is 0.332 e. The van der Waals surface area contributed by atoms with E-state index in [4.69, 9.17) is 0 Å². The van der Waals surface area contributed by atoms with Crippen LogP contribution >= 0.6 is 22.9 Å². The quantitative estimate of drug-likeness (QED) is 0.865. The molecule has 1 aliphatic heterocycles. The summed E-state index contributed by atoms with van der Waals surface area (Å²) in [6.07, 6.45) is 4.37. The van der Waals surface area contributed by atoms with Crippen molar-refractivity contribution in [2.75, 3.05) is 11.9 Å². The van der Waals surface area contributed by atoms with Gasteiger partial charge in [-0.3, -0.25) is 9.59 Å². The summed E-state index contributed by atoms with van der Waals surface area (Å²) in [5.41, 5.74) is 1.79. The maximum Gasteiger partial charge on any atom is 0.267 e. The number of fused-ring (bicyclic) bond motifs is 1. The van der Waals surface area contributed by atoms with Gasteiger partial charge in [-0.25, -0.2) is 4.98 Å². The standard InChI is InChI=1S/C16H19N5O2S2/c1-2-3-11-13(25-20-19-11)15(23)21-7-6-10-12(8-21)24-16(17-10)18-14(22)9-4-5-9/h9H,2-8H2,1H3,(H,17,18,22). The SMILES string of the molecule is CCCc1nnsc1C(=O)N1CCc2nc(NC(=O)C3CC3)sc2C1. The zero-order valence-electron chi connectivity index (χ0n) is 13.9. The molecule has 0 bridgehead atoms. The van der Waals surface area contributed by atoms with Gasteiger partial charge in [0.2, 0.25) is 5.91 Å². The molecule has 0 atom stereocenters. The maximum atomic E-state index is 12.8. The molecule has 0 unspecified atom stereocenters. The van der Waals surface area contributed by atoms with Crippen molar-refractivity contribution in [3.8, 4) is 0 Å². The molecule has 1 aliphatic carbocycles. The first-order valence-corrected chi connectivity index (χ1v) is 10.1. The average molecular weight is 377 g/mol. The van der Waals surface area contributed by atoms with E-state index < -0.39 is 0 Å². The third-order valence-corrected chi connectivity index (χ3v) is 6.19. The number of carbonyl (C=O) groups is 2. The molecule has 9 heteroatoms. The average Bonchev–Trinajstić information content (AvgIpc) is 3.23. The summed E-state index contributed by atoms with van der Waals surface area (Å²) in [6.45, 7) is 3.24. The summed E-state index contributed by atoms with van der Waals surface area (Å²) >= 11 is 2.65. The van der Waals surface area contributed by atoms with Gasteiger partial charge in [0.05, 0.1) is 17.9 Å². The fourth-order valence-electron chi connectivity index (χ4n) is 2.89. The Balaban J connectivity index is 1.46. The lowest BCUT2D eigenvalue weighted by Gasteiger charge is -2.25. The predicted octanol–water partition coefficient (Wildman–Crippen LogP) is 2.49. The zero-order valence-corrected chi connectivity index (χ0v) is 15.6. The molecular weight excluding hydrogens is 358 g/mol. The van der Waals surface area contributed by atoms with Crippen molar-refractivity contribution in [1.82, 2.24) is 19.5 Å². The molecule has 0 saturated heterocycles. The normalized spacial score (nSPS) is 16.6. The highest BCUT2D eigenvalue weighted by Gasteiger charge is 2.31. The van der Waals surface area contributed by atoms with E-state index in [9.17, 15) is 9.59 Å². The topological polar surface area (TPSA) is 88.1 Å². The van der Waals surface area contributed by atoms with Crippen LogP contribution in [-0.2, 0) is 24.2 Å². The number of aryl methyl sites for hydroxylation is 1. The summed E-state index contributed by atoms with van der Waals surface area (Å²) in [4.78, 5) is 32.8. The van der Waals surface area contributed by atoms with Crippen LogP contribution in [0.5, 0.6) is 0 Å². The highest BCUT2D eigenvalue weighted by molar-refractivity contribution is 7.15. The van der Waals surface area contributed by atoms with Gasteiger partial charge in [0.25, 0.3) is 5.91 Å². The van der Waals surface area contributed by atoms with E-state index >= 15 is 0 Å². The Kier molecular flexibility index (Phi) is 4.51. The van der Waals surface area contributed by atoms with Crippen molar-refractivity contribution in [3.63, 3.8) is 0 Å². The van der Waals surface area contributed by atoms with E-state index in [0.29, 0.717) is 29.5 Å². The molecule has 2 aliphatic rings. The first-order chi connectivity index (χ1) is 12.2. The number of nitrogens with one attached hydrogen (secondary N) is 1. The van der Waals surface area contributed by atoms with Gasteiger partial charge in [-0.1, -0.05) is 29.2 Å². The molecule has 2 amide bonds.